The van der Waals surface area contributed by atoms with Crippen molar-refractivity contribution < 1.29 is 9.59 Å². The van der Waals surface area contributed by atoms with Gasteiger partial charge in [0.1, 0.15) is 11.2 Å². The zero-order valence-electron chi connectivity index (χ0n) is 9.07. The number of hydrogen-bond acceptors (Lipinski definition) is 3. The van der Waals surface area contributed by atoms with Crippen LogP contribution >= 0.6 is 11.6 Å². The van der Waals surface area contributed by atoms with Crippen molar-refractivity contribution in [1.82, 2.24) is 15.6 Å². The molecule has 0 saturated carbocycles. The number of amides is 2. The van der Waals surface area contributed by atoms with Crippen molar-refractivity contribution in [2.24, 2.45) is 0 Å². The lowest BCUT2D eigenvalue weighted by Gasteiger charge is -2.22. The fourth-order valence-corrected chi connectivity index (χ4v) is 1.77. The van der Waals surface area contributed by atoms with E-state index in [-0.39, 0.29) is 11.8 Å². The van der Waals surface area contributed by atoms with Crippen LogP contribution in [0, 0.1) is 0 Å². The third-order valence-corrected chi connectivity index (χ3v) is 2.80. The van der Waals surface area contributed by atoms with Crippen molar-refractivity contribution in [2.75, 3.05) is 6.54 Å². The lowest BCUT2D eigenvalue weighted by molar-refractivity contribution is -0.124. The standard InChI is InChI=1S/C11H12ClN3O2/c12-9-4-3-7(6-14-9)10(16)15-8-2-1-5-13-11(8)17/h3-4,6,8H,1-2,5H2,(H,13,17)(H,15,16). The molecular weight excluding hydrogens is 242 g/mol. The highest BCUT2D eigenvalue weighted by Crippen LogP contribution is 2.07. The van der Waals surface area contributed by atoms with Gasteiger partial charge in [0.15, 0.2) is 0 Å². The summed E-state index contributed by atoms with van der Waals surface area (Å²) < 4.78 is 0. The van der Waals surface area contributed by atoms with Gasteiger partial charge >= 0.3 is 0 Å². The summed E-state index contributed by atoms with van der Waals surface area (Å²) in [7, 11) is 0. The second-order valence-corrected chi connectivity index (χ2v) is 4.22. The number of halogens is 1. The van der Waals surface area contributed by atoms with Crippen molar-refractivity contribution in [2.45, 2.75) is 18.9 Å². The Morgan fingerprint density at radius 1 is 1.53 bits per heavy atom. The Hall–Kier alpha value is -1.62. The highest BCUT2D eigenvalue weighted by Gasteiger charge is 2.23. The molecule has 2 heterocycles. The predicted molar refractivity (Wildman–Crippen MR) is 62.7 cm³/mol. The molecule has 2 amide bonds. The Morgan fingerprint density at radius 2 is 2.35 bits per heavy atom. The second kappa shape index (κ2) is 5.14. The number of aromatic nitrogens is 1. The van der Waals surface area contributed by atoms with Crippen LogP contribution in [0.2, 0.25) is 5.15 Å². The van der Waals surface area contributed by atoms with Crippen LogP contribution in [0.15, 0.2) is 18.3 Å². The van der Waals surface area contributed by atoms with E-state index in [2.05, 4.69) is 15.6 Å². The zero-order chi connectivity index (χ0) is 12.3. The molecule has 1 fully saturated rings. The predicted octanol–water partition coefficient (Wildman–Crippen LogP) is 0.743. The van der Waals surface area contributed by atoms with E-state index in [1.54, 1.807) is 6.07 Å². The molecule has 0 bridgehead atoms. The van der Waals surface area contributed by atoms with E-state index < -0.39 is 6.04 Å². The molecule has 0 aliphatic carbocycles. The van der Waals surface area contributed by atoms with Crippen LogP contribution in [0.1, 0.15) is 23.2 Å². The Labute approximate surface area is 104 Å². The van der Waals surface area contributed by atoms with Gasteiger partial charge in [-0.05, 0) is 25.0 Å². The highest BCUT2D eigenvalue weighted by atomic mass is 35.5. The fourth-order valence-electron chi connectivity index (χ4n) is 1.66. The van der Waals surface area contributed by atoms with E-state index in [1.165, 1.54) is 12.3 Å². The summed E-state index contributed by atoms with van der Waals surface area (Å²) in [5.74, 6) is -0.442. The number of nitrogens with one attached hydrogen (secondary N) is 2. The highest BCUT2D eigenvalue weighted by molar-refractivity contribution is 6.29. The molecule has 2 rings (SSSR count). The summed E-state index contributed by atoms with van der Waals surface area (Å²) in [5.41, 5.74) is 0.396. The SMILES string of the molecule is O=C(NC1CCCNC1=O)c1ccc(Cl)nc1. The Kier molecular flexibility index (Phi) is 3.58. The quantitative estimate of drug-likeness (QED) is 0.764. The molecule has 17 heavy (non-hydrogen) atoms. The maximum atomic E-state index is 11.8. The van der Waals surface area contributed by atoms with Gasteiger partial charge in [-0.15, -0.1) is 0 Å². The van der Waals surface area contributed by atoms with Gasteiger partial charge in [-0.2, -0.15) is 0 Å². The number of pyridine rings is 1. The van der Waals surface area contributed by atoms with Gasteiger partial charge in [-0.3, -0.25) is 9.59 Å². The van der Waals surface area contributed by atoms with E-state index in [4.69, 9.17) is 11.6 Å². The van der Waals surface area contributed by atoms with Crippen LogP contribution in [-0.4, -0.2) is 29.4 Å². The third kappa shape index (κ3) is 2.94. The van der Waals surface area contributed by atoms with Gasteiger partial charge < -0.3 is 10.6 Å². The van der Waals surface area contributed by atoms with E-state index in [0.29, 0.717) is 23.7 Å². The molecule has 1 aromatic heterocycles. The summed E-state index contributed by atoms with van der Waals surface area (Å²) in [6.07, 6.45) is 2.92. The summed E-state index contributed by atoms with van der Waals surface area (Å²) in [6.45, 7) is 0.674. The van der Waals surface area contributed by atoms with Crippen LogP contribution in [0.4, 0.5) is 0 Å². The molecule has 1 saturated heterocycles. The van der Waals surface area contributed by atoms with E-state index >= 15 is 0 Å². The first kappa shape index (κ1) is 11.9. The van der Waals surface area contributed by atoms with E-state index in [0.717, 1.165) is 6.42 Å². The molecule has 1 atom stereocenters. The first-order chi connectivity index (χ1) is 8.16. The minimum absolute atomic E-state index is 0.133. The molecule has 2 N–H and O–H groups in total. The van der Waals surface area contributed by atoms with Gasteiger partial charge in [-0.1, -0.05) is 11.6 Å². The third-order valence-electron chi connectivity index (χ3n) is 2.58. The number of rotatable bonds is 2. The monoisotopic (exact) mass is 253 g/mol. The molecular formula is C11H12ClN3O2. The largest absolute Gasteiger partial charge is 0.354 e. The van der Waals surface area contributed by atoms with Gasteiger partial charge in [-0.25, -0.2) is 4.98 Å². The maximum Gasteiger partial charge on any atom is 0.253 e. The molecule has 1 aliphatic rings. The summed E-state index contributed by atoms with van der Waals surface area (Å²) in [4.78, 5) is 27.1. The van der Waals surface area contributed by atoms with Crippen molar-refractivity contribution in [3.63, 3.8) is 0 Å². The topological polar surface area (TPSA) is 71.1 Å². The fraction of sp³-hybridized carbons (Fsp3) is 0.364. The van der Waals surface area contributed by atoms with Crippen molar-refractivity contribution in [3.05, 3.63) is 29.0 Å². The zero-order valence-corrected chi connectivity index (χ0v) is 9.83. The second-order valence-electron chi connectivity index (χ2n) is 3.83. The lowest BCUT2D eigenvalue weighted by atomic mass is 10.1. The van der Waals surface area contributed by atoms with Crippen LogP contribution in [0.5, 0.6) is 0 Å². The molecule has 90 valence electrons. The van der Waals surface area contributed by atoms with Crippen molar-refractivity contribution in [3.8, 4) is 0 Å². The molecule has 0 aromatic carbocycles. The van der Waals surface area contributed by atoms with Crippen LogP contribution in [0.3, 0.4) is 0 Å². The molecule has 0 radical (unpaired) electrons. The summed E-state index contributed by atoms with van der Waals surface area (Å²) in [5, 5.41) is 5.71. The number of hydrogen-bond donors (Lipinski definition) is 2. The maximum absolute atomic E-state index is 11.8. The lowest BCUT2D eigenvalue weighted by Crippen LogP contribution is -2.50. The van der Waals surface area contributed by atoms with Gasteiger partial charge in [0, 0.05) is 12.7 Å². The summed E-state index contributed by atoms with van der Waals surface area (Å²) in [6, 6.07) is 2.66. The van der Waals surface area contributed by atoms with E-state index in [1.807, 2.05) is 0 Å². The smallest absolute Gasteiger partial charge is 0.253 e. The molecule has 1 aromatic rings. The molecule has 1 aliphatic heterocycles. The number of piperidine rings is 1. The van der Waals surface area contributed by atoms with Crippen LogP contribution in [0.25, 0.3) is 0 Å². The van der Waals surface area contributed by atoms with Gasteiger partial charge in [0.2, 0.25) is 5.91 Å². The van der Waals surface area contributed by atoms with Gasteiger partial charge in [0.05, 0.1) is 5.56 Å². The minimum atomic E-state index is -0.452. The molecule has 6 heteroatoms. The van der Waals surface area contributed by atoms with Crippen LogP contribution in [-0.2, 0) is 4.79 Å². The summed E-state index contributed by atoms with van der Waals surface area (Å²) >= 11 is 5.62. The van der Waals surface area contributed by atoms with Gasteiger partial charge in [0.25, 0.3) is 5.91 Å². The minimum Gasteiger partial charge on any atom is -0.354 e. The van der Waals surface area contributed by atoms with Crippen LogP contribution < -0.4 is 10.6 Å². The Bertz CT molecular complexity index is 433. The average molecular weight is 254 g/mol. The number of nitrogens with zero attached hydrogens (tertiary/aromatic N) is 1. The first-order valence-corrected chi connectivity index (χ1v) is 5.75. The Balaban J connectivity index is 2.01. The Morgan fingerprint density at radius 3 is 3.00 bits per heavy atom. The van der Waals surface area contributed by atoms with E-state index in [9.17, 15) is 9.59 Å². The average Bonchev–Trinajstić information content (AvgIpc) is 2.33. The molecule has 1 unspecified atom stereocenters. The number of carbonyl (C=O) groups excluding carboxylic acids is 2. The molecule has 5 nitrogen and oxygen atoms in total. The molecule has 0 spiro atoms. The van der Waals surface area contributed by atoms with Crippen molar-refractivity contribution >= 4 is 23.4 Å². The first-order valence-electron chi connectivity index (χ1n) is 5.37. The van der Waals surface area contributed by atoms with Crippen molar-refractivity contribution in [1.29, 1.82) is 0 Å². The number of carbonyl (C=O) groups is 2. The normalized spacial score (nSPS) is 19.6.